The predicted octanol–water partition coefficient (Wildman–Crippen LogP) is 1.60. The van der Waals surface area contributed by atoms with Crippen molar-refractivity contribution in [3.63, 3.8) is 0 Å². The Morgan fingerprint density at radius 1 is 1.43 bits per heavy atom. The molecule has 0 unspecified atom stereocenters. The van der Waals surface area contributed by atoms with Gasteiger partial charge in [-0.25, -0.2) is 0 Å². The van der Waals surface area contributed by atoms with Gasteiger partial charge in [0.25, 0.3) is 0 Å². The quantitative estimate of drug-likeness (QED) is 0.373. The van der Waals surface area contributed by atoms with E-state index in [1.54, 1.807) is 7.11 Å². The summed E-state index contributed by atoms with van der Waals surface area (Å²) >= 11 is 0. The van der Waals surface area contributed by atoms with Crippen LogP contribution in [0.3, 0.4) is 0 Å². The van der Waals surface area contributed by atoms with Crippen LogP contribution in [0.1, 0.15) is 0 Å². The minimum Gasteiger partial charge on any atom is -0.362 e. The molecule has 0 saturated carbocycles. The van der Waals surface area contributed by atoms with Gasteiger partial charge >= 0.3 is 0 Å². The van der Waals surface area contributed by atoms with Gasteiger partial charge in [0.2, 0.25) is 0 Å². The number of allylic oxidation sites excluding steroid dienone is 2. The molecular formula is C5H9OP. The largest absolute Gasteiger partial charge is 0.362 e. The van der Waals surface area contributed by atoms with Crippen LogP contribution in [0.2, 0.25) is 0 Å². The van der Waals surface area contributed by atoms with Crippen LogP contribution in [-0.2, 0) is 4.52 Å². The second-order valence-corrected chi connectivity index (χ2v) is 3.56. The summed E-state index contributed by atoms with van der Waals surface area (Å²) in [5, 5.41) is 0. The standard InChI is InChI=1S/C5H9OP/c1-6-7-4-2-3-5-7/h2-3H,4-5H2,1H3. The summed E-state index contributed by atoms with van der Waals surface area (Å²) in [6.45, 7) is 0. The highest BCUT2D eigenvalue weighted by molar-refractivity contribution is 7.53. The molecule has 1 aliphatic rings. The molecule has 0 saturated heterocycles. The lowest BCUT2D eigenvalue weighted by Gasteiger charge is -2.02. The third-order valence-electron chi connectivity index (χ3n) is 1.04. The van der Waals surface area contributed by atoms with Crippen molar-refractivity contribution in [2.24, 2.45) is 0 Å². The molecule has 0 atom stereocenters. The summed E-state index contributed by atoms with van der Waals surface area (Å²) in [5.41, 5.74) is 0. The first-order valence-corrected chi connectivity index (χ1v) is 4.00. The third kappa shape index (κ3) is 1.25. The van der Waals surface area contributed by atoms with Crippen LogP contribution in [-0.4, -0.2) is 19.4 Å². The Balaban J connectivity index is 2.22. The maximum absolute atomic E-state index is 5.11. The van der Waals surface area contributed by atoms with Crippen molar-refractivity contribution in [1.29, 1.82) is 0 Å². The lowest BCUT2D eigenvalue weighted by molar-refractivity contribution is 0.465. The van der Waals surface area contributed by atoms with Crippen LogP contribution in [0.25, 0.3) is 0 Å². The highest BCUT2D eigenvalue weighted by Crippen LogP contribution is 2.39. The predicted molar refractivity (Wildman–Crippen MR) is 32.8 cm³/mol. The van der Waals surface area contributed by atoms with Crippen molar-refractivity contribution >= 4 is 8.15 Å². The van der Waals surface area contributed by atoms with E-state index < -0.39 is 0 Å². The Morgan fingerprint density at radius 3 is 2.29 bits per heavy atom. The summed E-state index contributed by atoms with van der Waals surface area (Å²) in [7, 11) is 1.74. The summed E-state index contributed by atoms with van der Waals surface area (Å²) in [5.74, 6) is 0. The molecule has 0 N–H and O–H groups in total. The molecule has 40 valence electrons. The van der Waals surface area contributed by atoms with E-state index in [1.807, 2.05) is 0 Å². The zero-order valence-corrected chi connectivity index (χ0v) is 5.32. The van der Waals surface area contributed by atoms with Gasteiger partial charge in [0.1, 0.15) is 0 Å². The van der Waals surface area contributed by atoms with Gasteiger partial charge in [-0.1, -0.05) is 12.2 Å². The number of rotatable bonds is 1. The van der Waals surface area contributed by atoms with Gasteiger partial charge in [0.05, 0.1) is 0 Å². The molecule has 1 nitrogen and oxygen atoms in total. The van der Waals surface area contributed by atoms with Gasteiger partial charge < -0.3 is 4.52 Å². The minimum absolute atomic E-state index is 0.0540. The SMILES string of the molecule is COP1CC=CC1. The van der Waals surface area contributed by atoms with E-state index in [2.05, 4.69) is 12.2 Å². The van der Waals surface area contributed by atoms with Gasteiger partial charge in [-0.05, 0) is 0 Å². The molecule has 0 aliphatic carbocycles. The molecule has 0 aromatic heterocycles. The van der Waals surface area contributed by atoms with Crippen LogP contribution in [0.15, 0.2) is 12.2 Å². The van der Waals surface area contributed by atoms with Gasteiger partial charge in [-0.15, -0.1) is 0 Å². The average Bonchev–Trinajstić information content (AvgIpc) is 2.14. The molecule has 1 heterocycles. The lowest BCUT2D eigenvalue weighted by atomic mass is 10.6. The zero-order valence-electron chi connectivity index (χ0n) is 4.42. The van der Waals surface area contributed by atoms with Crippen molar-refractivity contribution in [3.05, 3.63) is 12.2 Å². The Morgan fingerprint density at radius 2 is 2.00 bits per heavy atom. The van der Waals surface area contributed by atoms with Gasteiger partial charge in [-0.2, -0.15) is 0 Å². The second-order valence-electron chi connectivity index (χ2n) is 1.50. The Labute approximate surface area is 45.2 Å². The second kappa shape index (κ2) is 2.44. The fourth-order valence-electron chi connectivity index (χ4n) is 0.608. The van der Waals surface area contributed by atoms with Crippen LogP contribution < -0.4 is 0 Å². The van der Waals surface area contributed by atoms with E-state index in [0.29, 0.717) is 0 Å². The van der Waals surface area contributed by atoms with E-state index in [0.717, 1.165) is 0 Å². The highest BCUT2D eigenvalue weighted by Gasteiger charge is 2.05. The number of hydrogen-bond donors (Lipinski definition) is 0. The Hall–Kier alpha value is 0.130. The first kappa shape index (κ1) is 5.27. The molecule has 0 aromatic carbocycles. The normalized spacial score (nSPS) is 21.3. The van der Waals surface area contributed by atoms with E-state index in [1.165, 1.54) is 12.3 Å². The first-order valence-electron chi connectivity index (χ1n) is 2.37. The molecule has 0 amide bonds. The van der Waals surface area contributed by atoms with Crippen LogP contribution in [0, 0.1) is 0 Å². The third-order valence-corrected chi connectivity index (χ3v) is 2.80. The Bertz CT molecular complexity index is 72.1. The smallest absolute Gasteiger partial charge is 0.0398 e. The van der Waals surface area contributed by atoms with Crippen molar-refractivity contribution in [1.82, 2.24) is 0 Å². The van der Waals surface area contributed by atoms with Crippen LogP contribution in [0.5, 0.6) is 0 Å². The van der Waals surface area contributed by atoms with Gasteiger partial charge in [0.15, 0.2) is 0 Å². The maximum atomic E-state index is 5.11. The topological polar surface area (TPSA) is 9.23 Å². The first-order chi connectivity index (χ1) is 3.43. The molecule has 1 rings (SSSR count). The molecule has 0 radical (unpaired) electrons. The van der Waals surface area contributed by atoms with Crippen molar-refractivity contribution in [3.8, 4) is 0 Å². The van der Waals surface area contributed by atoms with E-state index in [-0.39, 0.29) is 8.15 Å². The molecule has 1 aliphatic heterocycles. The fraction of sp³-hybridized carbons (Fsp3) is 0.600. The summed E-state index contributed by atoms with van der Waals surface area (Å²) in [6.07, 6.45) is 6.72. The molecule has 2 heteroatoms. The Kier molecular flexibility index (Phi) is 1.84. The maximum Gasteiger partial charge on any atom is 0.0398 e. The summed E-state index contributed by atoms with van der Waals surface area (Å²) in [6, 6.07) is 0. The highest BCUT2D eigenvalue weighted by atomic mass is 31.1. The number of hydrogen-bond acceptors (Lipinski definition) is 1. The monoisotopic (exact) mass is 116 g/mol. The molecule has 0 aromatic rings. The molecule has 0 fully saturated rings. The molecule has 0 spiro atoms. The summed E-state index contributed by atoms with van der Waals surface area (Å²) in [4.78, 5) is 0. The van der Waals surface area contributed by atoms with Crippen molar-refractivity contribution < 1.29 is 4.52 Å². The van der Waals surface area contributed by atoms with Crippen LogP contribution in [0.4, 0.5) is 0 Å². The van der Waals surface area contributed by atoms with Gasteiger partial charge in [0, 0.05) is 27.6 Å². The lowest BCUT2D eigenvalue weighted by Crippen LogP contribution is -1.77. The average molecular weight is 116 g/mol. The van der Waals surface area contributed by atoms with Crippen molar-refractivity contribution in [2.75, 3.05) is 19.4 Å². The molecule has 0 bridgehead atoms. The molecular weight excluding hydrogens is 107 g/mol. The fourth-order valence-corrected chi connectivity index (χ4v) is 1.82. The zero-order chi connectivity index (χ0) is 5.11. The van der Waals surface area contributed by atoms with E-state index in [9.17, 15) is 0 Å². The van der Waals surface area contributed by atoms with E-state index in [4.69, 9.17) is 4.52 Å². The summed E-state index contributed by atoms with van der Waals surface area (Å²) < 4.78 is 5.11. The van der Waals surface area contributed by atoms with Gasteiger partial charge in [-0.3, -0.25) is 0 Å². The van der Waals surface area contributed by atoms with Crippen LogP contribution >= 0.6 is 8.15 Å². The van der Waals surface area contributed by atoms with Crippen molar-refractivity contribution in [2.45, 2.75) is 0 Å². The minimum atomic E-state index is -0.0540. The van der Waals surface area contributed by atoms with E-state index >= 15 is 0 Å². The molecule has 7 heavy (non-hydrogen) atoms.